The first-order chi connectivity index (χ1) is 10.7. The number of hydrogen-bond acceptors (Lipinski definition) is 2. The molecule has 2 rings (SSSR count). The van der Waals surface area contributed by atoms with Crippen molar-refractivity contribution in [2.75, 3.05) is 7.11 Å². The predicted octanol–water partition coefficient (Wildman–Crippen LogP) is 3.47. The second-order valence-electron chi connectivity index (χ2n) is 4.86. The molecule has 2 aromatic rings. The van der Waals surface area contributed by atoms with Crippen molar-refractivity contribution in [2.45, 2.75) is 13.5 Å². The minimum absolute atomic E-state index is 0.234. The van der Waals surface area contributed by atoms with Gasteiger partial charge in [0.1, 0.15) is 5.75 Å². The predicted molar refractivity (Wildman–Crippen MR) is 88.6 cm³/mol. The number of carbonyl (C=O) groups is 1. The minimum atomic E-state index is -0.234. The molecule has 2 N–H and O–H groups in total. The molecule has 2 amide bonds. The molecule has 0 aromatic heterocycles. The van der Waals surface area contributed by atoms with Crippen LogP contribution < -0.4 is 15.4 Å². The Morgan fingerprint density at radius 2 is 2.00 bits per heavy atom. The summed E-state index contributed by atoms with van der Waals surface area (Å²) in [7, 11) is 1.63. The van der Waals surface area contributed by atoms with Gasteiger partial charge in [-0.05, 0) is 41.8 Å². The van der Waals surface area contributed by atoms with E-state index in [4.69, 9.17) is 4.74 Å². The van der Waals surface area contributed by atoms with Gasteiger partial charge in [0.05, 0.1) is 7.11 Å². The van der Waals surface area contributed by atoms with Crippen LogP contribution in [0.25, 0.3) is 6.08 Å². The Morgan fingerprint density at radius 3 is 2.77 bits per heavy atom. The average Bonchev–Trinajstić information content (AvgIpc) is 2.54. The van der Waals surface area contributed by atoms with E-state index in [1.54, 1.807) is 13.3 Å². The number of urea groups is 1. The van der Waals surface area contributed by atoms with E-state index in [0.717, 1.165) is 22.4 Å². The Hall–Kier alpha value is -2.75. The standard InChI is InChI=1S/C18H20N2O2/c1-14-6-3-4-8-16(14)13-20-18(21)19-11-10-15-7-5-9-17(12-15)22-2/h3-12H,13H2,1-2H3,(H2,19,20,21)/b11-10+. The molecular formula is C18H20N2O2. The highest BCUT2D eigenvalue weighted by Crippen LogP contribution is 2.13. The molecule has 0 fully saturated rings. The lowest BCUT2D eigenvalue weighted by molar-refractivity contribution is 0.244. The molecule has 0 aliphatic heterocycles. The molecule has 4 heteroatoms. The number of amides is 2. The minimum Gasteiger partial charge on any atom is -0.497 e. The molecule has 0 bridgehead atoms. The summed E-state index contributed by atoms with van der Waals surface area (Å²) in [5.74, 6) is 0.783. The fourth-order valence-electron chi connectivity index (χ4n) is 1.99. The van der Waals surface area contributed by atoms with E-state index in [9.17, 15) is 4.79 Å². The molecule has 114 valence electrons. The zero-order chi connectivity index (χ0) is 15.8. The van der Waals surface area contributed by atoms with Gasteiger partial charge in [-0.1, -0.05) is 36.4 Å². The highest BCUT2D eigenvalue weighted by Gasteiger charge is 2.00. The highest BCUT2D eigenvalue weighted by molar-refractivity contribution is 5.75. The van der Waals surface area contributed by atoms with Gasteiger partial charge in [0.25, 0.3) is 0 Å². The number of methoxy groups -OCH3 is 1. The van der Waals surface area contributed by atoms with E-state index in [2.05, 4.69) is 10.6 Å². The molecule has 22 heavy (non-hydrogen) atoms. The maximum absolute atomic E-state index is 11.7. The topological polar surface area (TPSA) is 50.4 Å². The molecule has 0 heterocycles. The van der Waals surface area contributed by atoms with Crippen molar-refractivity contribution in [1.29, 1.82) is 0 Å². The van der Waals surface area contributed by atoms with Crippen molar-refractivity contribution in [3.05, 3.63) is 71.4 Å². The van der Waals surface area contributed by atoms with Crippen molar-refractivity contribution in [2.24, 2.45) is 0 Å². The molecule has 0 radical (unpaired) electrons. The molecular weight excluding hydrogens is 276 g/mol. The first-order valence-corrected chi connectivity index (χ1v) is 7.08. The second-order valence-corrected chi connectivity index (χ2v) is 4.86. The van der Waals surface area contributed by atoms with Gasteiger partial charge in [-0.15, -0.1) is 0 Å². The normalized spacial score (nSPS) is 10.5. The first-order valence-electron chi connectivity index (χ1n) is 7.08. The van der Waals surface area contributed by atoms with E-state index in [0.29, 0.717) is 6.54 Å². The van der Waals surface area contributed by atoms with Crippen LogP contribution in [0.1, 0.15) is 16.7 Å². The van der Waals surface area contributed by atoms with Gasteiger partial charge in [0.2, 0.25) is 0 Å². The van der Waals surface area contributed by atoms with Gasteiger partial charge in [0.15, 0.2) is 0 Å². The maximum atomic E-state index is 11.7. The molecule has 0 unspecified atom stereocenters. The number of nitrogens with one attached hydrogen (secondary N) is 2. The maximum Gasteiger partial charge on any atom is 0.319 e. The van der Waals surface area contributed by atoms with Crippen molar-refractivity contribution >= 4 is 12.1 Å². The molecule has 2 aromatic carbocycles. The Labute approximate surface area is 130 Å². The summed E-state index contributed by atoms with van der Waals surface area (Å²) in [6.07, 6.45) is 3.43. The summed E-state index contributed by atoms with van der Waals surface area (Å²) in [6, 6.07) is 15.3. The Kier molecular flexibility index (Phi) is 5.60. The number of aryl methyl sites for hydroxylation is 1. The van der Waals surface area contributed by atoms with Gasteiger partial charge in [-0.25, -0.2) is 4.79 Å². The fraction of sp³-hybridized carbons (Fsp3) is 0.167. The van der Waals surface area contributed by atoms with Crippen LogP contribution in [0.3, 0.4) is 0 Å². The van der Waals surface area contributed by atoms with Crippen molar-refractivity contribution < 1.29 is 9.53 Å². The van der Waals surface area contributed by atoms with Crippen LogP contribution in [0.2, 0.25) is 0 Å². The van der Waals surface area contributed by atoms with Gasteiger partial charge in [-0.2, -0.15) is 0 Å². The number of rotatable bonds is 5. The van der Waals surface area contributed by atoms with E-state index in [1.807, 2.05) is 61.5 Å². The summed E-state index contributed by atoms with van der Waals surface area (Å²) in [5, 5.41) is 5.51. The average molecular weight is 296 g/mol. The largest absolute Gasteiger partial charge is 0.497 e. The van der Waals surface area contributed by atoms with E-state index >= 15 is 0 Å². The number of hydrogen-bond donors (Lipinski definition) is 2. The van der Waals surface area contributed by atoms with E-state index < -0.39 is 0 Å². The van der Waals surface area contributed by atoms with Crippen LogP contribution in [0.15, 0.2) is 54.7 Å². The molecule has 0 atom stereocenters. The van der Waals surface area contributed by atoms with E-state index in [-0.39, 0.29) is 6.03 Å². The van der Waals surface area contributed by atoms with Gasteiger partial charge >= 0.3 is 6.03 Å². The van der Waals surface area contributed by atoms with Crippen LogP contribution in [0.4, 0.5) is 4.79 Å². The fourth-order valence-corrected chi connectivity index (χ4v) is 1.99. The van der Waals surface area contributed by atoms with Crippen molar-refractivity contribution in [1.82, 2.24) is 10.6 Å². The number of benzene rings is 2. The smallest absolute Gasteiger partial charge is 0.319 e. The molecule has 0 aliphatic rings. The van der Waals surface area contributed by atoms with Crippen LogP contribution in [-0.2, 0) is 6.54 Å². The summed E-state index contributed by atoms with van der Waals surface area (Å²) in [6.45, 7) is 2.53. The molecule has 0 spiro atoms. The van der Waals surface area contributed by atoms with Gasteiger partial charge in [-0.3, -0.25) is 0 Å². The van der Waals surface area contributed by atoms with Gasteiger partial charge < -0.3 is 15.4 Å². The SMILES string of the molecule is COc1cccc(/C=C/NC(=O)NCc2ccccc2C)c1. The van der Waals surface area contributed by atoms with Crippen LogP contribution in [0.5, 0.6) is 5.75 Å². The third-order valence-corrected chi connectivity index (χ3v) is 3.28. The zero-order valence-corrected chi connectivity index (χ0v) is 12.8. The Bertz CT molecular complexity index is 666. The summed E-state index contributed by atoms with van der Waals surface area (Å²) in [5.41, 5.74) is 3.22. The molecule has 0 saturated carbocycles. The summed E-state index contributed by atoms with van der Waals surface area (Å²) >= 11 is 0. The third-order valence-electron chi connectivity index (χ3n) is 3.28. The summed E-state index contributed by atoms with van der Waals surface area (Å²) < 4.78 is 5.15. The Morgan fingerprint density at radius 1 is 1.18 bits per heavy atom. The monoisotopic (exact) mass is 296 g/mol. The number of ether oxygens (including phenoxy) is 1. The molecule has 0 saturated heterocycles. The molecule has 0 aliphatic carbocycles. The molecule has 4 nitrogen and oxygen atoms in total. The lowest BCUT2D eigenvalue weighted by Gasteiger charge is -2.07. The van der Waals surface area contributed by atoms with Crippen LogP contribution >= 0.6 is 0 Å². The van der Waals surface area contributed by atoms with Crippen LogP contribution in [-0.4, -0.2) is 13.1 Å². The quantitative estimate of drug-likeness (QED) is 0.887. The Balaban J connectivity index is 1.82. The number of carbonyl (C=O) groups excluding carboxylic acids is 1. The lowest BCUT2D eigenvalue weighted by Crippen LogP contribution is -2.31. The van der Waals surface area contributed by atoms with E-state index in [1.165, 1.54) is 0 Å². The van der Waals surface area contributed by atoms with Crippen molar-refractivity contribution in [3.8, 4) is 5.75 Å². The van der Waals surface area contributed by atoms with Gasteiger partial charge in [0, 0.05) is 12.7 Å². The first kappa shape index (κ1) is 15.6. The third kappa shape index (κ3) is 4.66. The second kappa shape index (κ2) is 7.88. The lowest BCUT2D eigenvalue weighted by atomic mass is 10.1. The highest BCUT2D eigenvalue weighted by atomic mass is 16.5. The summed E-state index contributed by atoms with van der Waals surface area (Å²) in [4.78, 5) is 11.7. The zero-order valence-electron chi connectivity index (χ0n) is 12.8. The van der Waals surface area contributed by atoms with Crippen LogP contribution in [0, 0.1) is 6.92 Å². The van der Waals surface area contributed by atoms with Crippen molar-refractivity contribution in [3.63, 3.8) is 0 Å².